The van der Waals surface area contributed by atoms with Crippen molar-refractivity contribution >= 4 is 64.2 Å². The Labute approximate surface area is 262 Å². The van der Waals surface area contributed by atoms with Gasteiger partial charge in [0.05, 0.1) is 23.0 Å². The zero-order chi connectivity index (χ0) is 31.6. The van der Waals surface area contributed by atoms with Gasteiger partial charge in [0, 0.05) is 33.3 Å². The molecule has 0 heterocycles. The van der Waals surface area contributed by atoms with Gasteiger partial charge in [0.2, 0.25) is 5.91 Å². The summed E-state index contributed by atoms with van der Waals surface area (Å²) in [6, 6.07) is 25.8. The Kier molecular flexibility index (Phi) is 10.7. The van der Waals surface area contributed by atoms with Crippen LogP contribution in [-0.2, 0) is 9.59 Å². The third-order valence-electron chi connectivity index (χ3n) is 6.14. The van der Waals surface area contributed by atoms with Crippen LogP contribution in [0.4, 0.5) is 17.1 Å². The maximum Gasteiger partial charge on any atom is 0.272 e. The van der Waals surface area contributed by atoms with E-state index in [0.717, 1.165) is 0 Å². The van der Waals surface area contributed by atoms with Gasteiger partial charge >= 0.3 is 0 Å². The minimum absolute atomic E-state index is 0.0750. The Bertz CT molecular complexity index is 1710. The van der Waals surface area contributed by atoms with E-state index in [4.69, 9.17) is 16.3 Å². The van der Waals surface area contributed by atoms with Crippen LogP contribution in [0.25, 0.3) is 6.08 Å². The lowest BCUT2D eigenvalue weighted by Gasteiger charge is -2.15. The van der Waals surface area contributed by atoms with Crippen LogP contribution in [0.2, 0.25) is 5.02 Å². The highest BCUT2D eigenvalue weighted by molar-refractivity contribution is 8.00. The molecule has 1 atom stereocenters. The summed E-state index contributed by atoms with van der Waals surface area (Å²) < 4.78 is 5.29. The highest BCUT2D eigenvalue weighted by atomic mass is 35.5. The number of hydrogen-bond acceptors (Lipinski definition) is 7. The Morgan fingerprint density at radius 1 is 0.932 bits per heavy atom. The zero-order valence-electron chi connectivity index (χ0n) is 23.6. The monoisotopic (exact) mass is 630 g/mol. The Hall–Kier alpha value is -5.13. The fraction of sp³-hybridized carbons (Fsp3) is 0.0938. The lowest BCUT2D eigenvalue weighted by atomic mass is 10.1. The fourth-order valence-electron chi connectivity index (χ4n) is 3.92. The largest absolute Gasteiger partial charge is 0.495 e. The Morgan fingerprint density at radius 3 is 2.34 bits per heavy atom. The normalized spacial score (nSPS) is 11.7. The van der Waals surface area contributed by atoms with Crippen molar-refractivity contribution in [1.29, 1.82) is 0 Å². The van der Waals surface area contributed by atoms with Crippen molar-refractivity contribution in [2.24, 2.45) is 0 Å². The van der Waals surface area contributed by atoms with Gasteiger partial charge in [-0.25, -0.2) is 0 Å². The van der Waals surface area contributed by atoms with Crippen molar-refractivity contribution in [2.45, 2.75) is 17.1 Å². The molecule has 4 rings (SSSR count). The van der Waals surface area contributed by atoms with Crippen LogP contribution in [0.1, 0.15) is 22.8 Å². The second-order valence-electron chi connectivity index (χ2n) is 9.30. The van der Waals surface area contributed by atoms with Crippen LogP contribution < -0.4 is 20.7 Å². The van der Waals surface area contributed by atoms with Crippen LogP contribution in [0.5, 0.6) is 5.75 Å². The summed E-state index contributed by atoms with van der Waals surface area (Å²) in [5, 5.41) is 19.2. The summed E-state index contributed by atoms with van der Waals surface area (Å²) in [5.74, 6) is -0.924. The average molecular weight is 631 g/mol. The van der Waals surface area contributed by atoms with E-state index in [1.54, 1.807) is 79.7 Å². The first-order chi connectivity index (χ1) is 21.1. The van der Waals surface area contributed by atoms with Crippen molar-refractivity contribution < 1.29 is 24.0 Å². The van der Waals surface area contributed by atoms with Crippen LogP contribution in [0, 0.1) is 10.1 Å². The van der Waals surface area contributed by atoms with Gasteiger partial charge in [-0.1, -0.05) is 35.9 Å². The number of ether oxygens (including phenoxy) is 1. The lowest BCUT2D eigenvalue weighted by molar-refractivity contribution is -0.384. The van der Waals surface area contributed by atoms with Gasteiger partial charge in [-0.15, -0.1) is 11.8 Å². The molecular weight excluding hydrogens is 604 g/mol. The molecule has 0 aromatic heterocycles. The van der Waals surface area contributed by atoms with Gasteiger partial charge in [0.15, 0.2) is 0 Å². The highest BCUT2D eigenvalue weighted by Gasteiger charge is 2.19. The second kappa shape index (κ2) is 14.9. The predicted molar refractivity (Wildman–Crippen MR) is 172 cm³/mol. The number of benzene rings is 4. The smallest absolute Gasteiger partial charge is 0.272 e. The molecule has 224 valence electrons. The third kappa shape index (κ3) is 8.69. The topological polar surface area (TPSA) is 140 Å². The number of methoxy groups -OCH3 is 1. The number of nitrogens with one attached hydrogen (secondary N) is 3. The standard InChI is InChI=1S/C32H27ClN4O6S/c1-20(30(38)35-27-18-23(33)13-16-29(27)43-2)44-26-10-6-9-24(19-26)34-32(40)28(36-31(39)22-7-4-3-5-8-22)17-21-11-14-25(15-12-21)37(41)42/h3-20H,1-2H3,(H,34,40)(H,35,38)(H,36,39)/b28-17+. The molecule has 12 heteroatoms. The predicted octanol–water partition coefficient (Wildman–Crippen LogP) is 6.79. The Morgan fingerprint density at radius 2 is 1.66 bits per heavy atom. The summed E-state index contributed by atoms with van der Waals surface area (Å²) in [6.45, 7) is 1.74. The number of hydrogen-bond donors (Lipinski definition) is 3. The van der Waals surface area contributed by atoms with Crippen LogP contribution in [0.15, 0.2) is 108 Å². The highest BCUT2D eigenvalue weighted by Crippen LogP contribution is 2.30. The quantitative estimate of drug-likeness (QED) is 0.0718. The fourth-order valence-corrected chi connectivity index (χ4v) is 5.02. The minimum atomic E-state index is -0.617. The molecule has 4 aromatic rings. The second-order valence-corrected chi connectivity index (χ2v) is 11.2. The molecule has 0 spiro atoms. The molecule has 3 N–H and O–H groups in total. The van der Waals surface area contributed by atoms with E-state index in [1.165, 1.54) is 49.2 Å². The summed E-state index contributed by atoms with van der Waals surface area (Å²) in [5.41, 5.74) is 1.50. The molecule has 0 aliphatic heterocycles. The molecule has 0 aliphatic rings. The molecule has 3 amide bonds. The molecule has 0 bridgehead atoms. The number of amides is 3. The van der Waals surface area contributed by atoms with E-state index >= 15 is 0 Å². The van der Waals surface area contributed by atoms with Gasteiger partial charge in [0.25, 0.3) is 17.5 Å². The number of nitro groups is 1. The number of carbonyl (C=O) groups is 3. The zero-order valence-corrected chi connectivity index (χ0v) is 25.1. The van der Waals surface area contributed by atoms with Crippen LogP contribution >= 0.6 is 23.4 Å². The molecule has 0 aliphatic carbocycles. The SMILES string of the molecule is COc1ccc(Cl)cc1NC(=O)C(C)Sc1cccc(NC(=O)/C(=C\c2ccc([N+](=O)[O-])cc2)NC(=O)c2ccccc2)c1. The lowest BCUT2D eigenvalue weighted by Crippen LogP contribution is -2.30. The Balaban J connectivity index is 1.50. The number of carbonyl (C=O) groups excluding carboxylic acids is 3. The molecule has 44 heavy (non-hydrogen) atoms. The number of nitro benzene ring substituents is 1. The van der Waals surface area contributed by atoms with Gasteiger partial charge in [0.1, 0.15) is 11.4 Å². The summed E-state index contributed by atoms with van der Waals surface area (Å²) in [7, 11) is 1.50. The first-order valence-corrected chi connectivity index (χ1v) is 14.4. The third-order valence-corrected chi connectivity index (χ3v) is 7.47. The minimum Gasteiger partial charge on any atom is -0.495 e. The first kappa shape index (κ1) is 31.8. The maximum absolute atomic E-state index is 13.4. The van der Waals surface area contributed by atoms with Crippen LogP contribution in [0.3, 0.4) is 0 Å². The van der Waals surface area contributed by atoms with Crippen molar-refractivity contribution in [3.63, 3.8) is 0 Å². The number of anilines is 2. The molecule has 0 saturated carbocycles. The van der Waals surface area contributed by atoms with E-state index in [-0.39, 0.29) is 17.3 Å². The first-order valence-electron chi connectivity index (χ1n) is 13.2. The molecule has 4 aromatic carbocycles. The molecule has 1 unspecified atom stereocenters. The van der Waals surface area contributed by atoms with Gasteiger partial charge in [-0.3, -0.25) is 24.5 Å². The van der Waals surface area contributed by atoms with Crippen molar-refractivity contribution in [2.75, 3.05) is 17.7 Å². The molecule has 10 nitrogen and oxygen atoms in total. The van der Waals surface area contributed by atoms with Gasteiger partial charge in [-0.05, 0) is 79.2 Å². The number of rotatable bonds is 11. The molecule has 0 fully saturated rings. The van der Waals surface area contributed by atoms with Gasteiger partial charge < -0.3 is 20.7 Å². The summed E-state index contributed by atoms with van der Waals surface area (Å²) >= 11 is 7.35. The van der Waals surface area contributed by atoms with E-state index in [9.17, 15) is 24.5 Å². The van der Waals surface area contributed by atoms with E-state index in [2.05, 4.69) is 16.0 Å². The number of halogens is 1. The van der Waals surface area contributed by atoms with Crippen molar-refractivity contribution in [3.05, 3.63) is 129 Å². The van der Waals surface area contributed by atoms with Gasteiger partial charge in [-0.2, -0.15) is 0 Å². The van der Waals surface area contributed by atoms with Crippen molar-refractivity contribution in [1.82, 2.24) is 5.32 Å². The molecule has 0 saturated heterocycles. The number of nitrogens with zero attached hydrogens (tertiary/aromatic N) is 1. The average Bonchev–Trinajstić information content (AvgIpc) is 3.01. The van der Waals surface area contributed by atoms with Crippen molar-refractivity contribution in [3.8, 4) is 5.75 Å². The summed E-state index contributed by atoms with van der Waals surface area (Å²) in [6.07, 6.45) is 1.43. The summed E-state index contributed by atoms with van der Waals surface area (Å²) in [4.78, 5) is 50.4. The number of non-ortho nitro benzene ring substituents is 1. The van der Waals surface area contributed by atoms with Crippen LogP contribution in [-0.4, -0.2) is 35.0 Å². The van der Waals surface area contributed by atoms with E-state index in [1.807, 2.05) is 0 Å². The molecule has 0 radical (unpaired) electrons. The number of thioether (sulfide) groups is 1. The van der Waals surface area contributed by atoms with E-state index in [0.29, 0.717) is 38.2 Å². The maximum atomic E-state index is 13.4. The van der Waals surface area contributed by atoms with E-state index < -0.39 is 22.0 Å². The molecular formula is C32H27ClN4O6S.